The standard InChI is InChI=1S/C14H10Cl2FNO/c15-9-2-1-8(12(17)6-9)5-14(19)11-4-3-10(16)7-13(11)18/h1-4,6-7H,5,18H2. The number of Topliss-reactive ketones (excluding diaryl/α,β-unsaturated/α-hetero) is 1. The molecular formula is C14H10Cl2FNO. The van der Waals surface area contributed by atoms with Crippen molar-refractivity contribution in [3.63, 3.8) is 0 Å². The lowest BCUT2D eigenvalue weighted by molar-refractivity contribution is 0.0992. The number of benzene rings is 2. The number of nitrogens with two attached hydrogens (primary N) is 1. The predicted octanol–water partition coefficient (Wildman–Crippen LogP) is 4.14. The van der Waals surface area contributed by atoms with Gasteiger partial charge in [-0.25, -0.2) is 4.39 Å². The van der Waals surface area contributed by atoms with Gasteiger partial charge in [0, 0.05) is 27.7 Å². The lowest BCUT2D eigenvalue weighted by Crippen LogP contribution is -2.08. The molecule has 0 saturated carbocycles. The summed E-state index contributed by atoms with van der Waals surface area (Å²) >= 11 is 11.4. The van der Waals surface area contributed by atoms with E-state index in [0.717, 1.165) is 0 Å². The first-order valence-electron chi connectivity index (χ1n) is 5.49. The molecule has 2 aromatic rings. The largest absolute Gasteiger partial charge is 0.398 e. The molecule has 0 bridgehead atoms. The average molecular weight is 298 g/mol. The quantitative estimate of drug-likeness (QED) is 0.683. The Labute approximate surface area is 119 Å². The number of anilines is 1. The van der Waals surface area contributed by atoms with Gasteiger partial charge in [0.15, 0.2) is 5.78 Å². The van der Waals surface area contributed by atoms with Gasteiger partial charge in [-0.3, -0.25) is 4.79 Å². The molecule has 0 aliphatic carbocycles. The monoisotopic (exact) mass is 297 g/mol. The molecule has 0 saturated heterocycles. The smallest absolute Gasteiger partial charge is 0.169 e. The Morgan fingerprint density at radius 1 is 1.11 bits per heavy atom. The van der Waals surface area contributed by atoms with Gasteiger partial charge in [0.25, 0.3) is 0 Å². The summed E-state index contributed by atoms with van der Waals surface area (Å²) in [5.41, 5.74) is 6.62. The molecule has 0 heterocycles. The lowest BCUT2D eigenvalue weighted by atomic mass is 10.0. The summed E-state index contributed by atoms with van der Waals surface area (Å²) in [5, 5.41) is 0.742. The molecule has 2 N–H and O–H groups in total. The molecule has 2 nitrogen and oxygen atoms in total. The highest BCUT2D eigenvalue weighted by Crippen LogP contribution is 2.21. The minimum atomic E-state index is -0.506. The maximum atomic E-state index is 13.6. The molecule has 5 heteroatoms. The van der Waals surface area contributed by atoms with Crippen molar-refractivity contribution in [1.82, 2.24) is 0 Å². The van der Waals surface area contributed by atoms with Gasteiger partial charge in [0.1, 0.15) is 5.82 Å². The van der Waals surface area contributed by atoms with Gasteiger partial charge < -0.3 is 5.73 Å². The summed E-state index contributed by atoms with van der Waals surface area (Å²) in [7, 11) is 0. The second-order valence-electron chi connectivity index (χ2n) is 4.07. The third-order valence-corrected chi connectivity index (χ3v) is 3.15. The van der Waals surface area contributed by atoms with Crippen molar-refractivity contribution in [2.75, 3.05) is 5.73 Å². The number of rotatable bonds is 3. The lowest BCUT2D eigenvalue weighted by Gasteiger charge is -2.06. The van der Waals surface area contributed by atoms with Gasteiger partial charge in [-0.2, -0.15) is 0 Å². The minimum absolute atomic E-state index is 0.0746. The molecule has 19 heavy (non-hydrogen) atoms. The number of hydrogen-bond acceptors (Lipinski definition) is 2. The van der Waals surface area contributed by atoms with Crippen LogP contribution in [0.4, 0.5) is 10.1 Å². The van der Waals surface area contributed by atoms with Crippen LogP contribution in [0, 0.1) is 5.82 Å². The van der Waals surface area contributed by atoms with Crippen molar-refractivity contribution < 1.29 is 9.18 Å². The van der Waals surface area contributed by atoms with E-state index < -0.39 is 5.82 Å². The maximum absolute atomic E-state index is 13.6. The molecule has 2 aromatic carbocycles. The first-order chi connectivity index (χ1) is 8.97. The molecule has 0 fully saturated rings. The van der Waals surface area contributed by atoms with E-state index >= 15 is 0 Å². The van der Waals surface area contributed by atoms with E-state index in [9.17, 15) is 9.18 Å². The van der Waals surface area contributed by atoms with Crippen LogP contribution in [0.15, 0.2) is 36.4 Å². The van der Waals surface area contributed by atoms with Crippen LogP contribution in [0.3, 0.4) is 0 Å². The Balaban J connectivity index is 2.25. The fourth-order valence-corrected chi connectivity index (χ4v) is 2.06. The normalized spacial score (nSPS) is 10.5. The van der Waals surface area contributed by atoms with Crippen molar-refractivity contribution in [3.05, 3.63) is 63.4 Å². The first kappa shape index (κ1) is 13.8. The van der Waals surface area contributed by atoms with Crippen LogP contribution >= 0.6 is 23.2 Å². The van der Waals surface area contributed by atoms with Gasteiger partial charge in [0.05, 0.1) is 0 Å². The Hall–Kier alpha value is -1.58. The zero-order valence-corrected chi connectivity index (χ0v) is 11.3. The van der Waals surface area contributed by atoms with Gasteiger partial charge in [-0.05, 0) is 35.9 Å². The molecule has 0 unspecified atom stereocenters. The summed E-state index contributed by atoms with van der Waals surface area (Å²) < 4.78 is 13.6. The van der Waals surface area contributed by atoms with Crippen molar-refractivity contribution >= 4 is 34.7 Å². The SMILES string of the molecule is Nc1cc(Cl)ccc1C(=O)Cc1ccc(Cl)cc1F. The topological polar surface area (TPSA) is 43.1 Å². The molecule has 0 aliphatic heterocycles. The van der Waals surface area contributed by atoms with E-state index in [1.54, 1.807) is 12.1 Å². The van der Waals surface area contributed by atoms with Crippen LogP contribution in [0.2, 0.25) is 10.0 Å². The number of ketones is 1. The highest BCUT2D eigenvalue weighted by Gasteiger charge is 2.13. The molecule has 0 spiro atoms. The summed E-state index contributed by atoms with van der Waals surface area (Å²) in [5.74, 6) is -0.774. The maximum Gasteiger partial charge on any atom is 0.169 e. The van der Waals surface area contributed by atoms with Gasteiger partial charge >= 0.3 is 0 Å². The molecule has 98 valence electrons. The van der Waals surface area contributed by atoms with Crippen molar-refractivity contribution in [3.8, 4) is 0 Å². The number of carbonyl (C=O) groups is 1. The van der Waals surface area contributed by atoms with E-state index in [0.29, 0.717) is 15.6 Å². The van der Waals surface area contributed by atoms with E-state index in [-0.39, 0.29) is 23.5 Å². The van der Waals surface area contributed by atoms with E-state index in [1.165, 1.54) is 24.3 Å². The Kier molecular flexibility index (Phi) is 4.08. The third-order valence-electron chi connectivity index (χ3n) is 2.68. The molecule has 0 aliphatic rings. The Bertz CT molecular complexity index is 643. The fraction of sp³-hybridized carbons (Fsp3) is 0.0714. The van der Waals surface area contributed by atoms with Crippen LogP contribution in [-0.2, 0) is 6.42 Å². The fourth-order valence-electron chi connectivity index (χ4n) is 1.72. The second-order valence-corrected chi connectivity index (χ2v) is 4.94. The minimum Gasteiger partial charge on any atom is -0.398 e. The zero-order valence-electron chi connectivity index (χ0n) is 9.79. The summed E-state index contributed by atoms with van der Waals surface area (Å²) in [6, 6.07) is 8.81. The summed E-state index contributed by atoms with van der Waals surface area (Å²) in [6.07, 6.45) is -0.0746. The summed E-state index contributed by atoms with van der Waals surface area (Å²) in [4.78, 5) is 12.1. The van der Waals surface area contributed by atoms with Crippen molar-refractivity contribution in [2.24, 2.45) is 0 Å². The van der Waals surface area contributed by atoms with Crippen LogP contribution < -0.4 is 5.73 Å². The molecule has 0 amide bonds. The second kappa shape index (κ2) is 5.59. The van der Waals surface area contributed by atoms with Crippen LogP contribution in [0.5, 0.6) is 0 Å². The van der Waals surface area contributed by atoms with E-state index in [1.807, 2.05) is 0 Å². The number of halogens is 3. The molecular weight excluding hydrogens is 288 g/mol. The Morgan fingerprint density at radius 3 is 2.37 bits per heavy atom. The predicted molar refractivity (Wildman–Crippen MR) is 75.3 cm³/mol. The molecule has 0 atom stereocenters. The van der Waals surface area contributed by atoms with E-state index in [4.69, 9.17) is 28.9 Å². The average Bonchev–Trinajstić information content (AvgIpc) is 2.32. The molecule has 0 aromatic heterocycles. The molecule has 2 rings (SSSR count). The van der Waals surface area contributed by atoms with Crippen LogP contribution in [0.25, 0.3) is 0 Å². The number of nitrogen functional groups attached to an aromatic ring is 1. The summed E-state index contributed by atoms with van der Waals surface area (Å²) in [6.45, 7) is 0. The zero-order chi connectivity index (χ0) is 14.0. The highest BCUT2D eigenvalue weighted by molar-refractivity contribution is 6.31. The highest BCUT2D eigenvalue weighted by atomic mass is 35.5. The third kappa shape index (κ3) is 3.25. The van der Waals surface area contributed by atoms with Gasteiger partial charge in [0.2, 0.25) is 0 Å². The molecule has 0 radical (unpaired) electrons. The van der Waals surface area contributed by atoms with Crippen LogP contribution in [-0.4, -0.2) is 5.78 Å². The number of hydrogen-bond donors (Lipinski definition) is 1. The van der Waals surface area contributed by atoms with Crippen molar-refractivity contribution in [1.29, 1.82) is 0 Å². The van der Waals surface area contributed by atoms with Crippen LogP contribution in [0.1, 0.15) is 15.9 Å². The van der Waals surface area contributed by atoms with Gasteiger partial charge in [-0.15, -0.1) is 0 Å². The Morgan fingerprint density at radius 2 is 1.74 bits per heavy atom. The first-order valence-corrected chi connectivity index (χ1v) is 6.25. The van der Waals surface area contributed by atoms with Gasteiger partial charge in [-0.1, -0.05) is 29.3 Å². The number of carbonyl (C=O) groups excluding carboxylic acids is 1. The van der Waals surface area contributed by atoms with E-state index in [2.05, 4.69) is 0 Å². The van der Waals surface area contributed by atoms with Crippen molar-refractivity contribution in [2.45, 2.75) is 6.42 Å².